The summed E-state index contributed by atoms with van der Waals surface area (Å²) >= 11 is 0. The minimum Gasteiger partial charge on any atom is -0.484 e. The lowest BCUT2D eigenvalue weighted by atomic mass is 9.58. The maximum Gasteiger partial charge on any atom is 0.259 e. The van der Waals surface area contributed by atoms with Crippen LogP contribution in [0.3, 0.4) is 0 Å². The Balaban J connectivity index is 1.04. The molecule has 7 rings (SSSR count). The largest absolute Gasteiger partial charge is 0.484 e. The molecule has 1 amide bonds. The summed E-state index contributed by atoms with van der Waals surface area (Å²) in [5.74, 6) is -0.221. The third-order valence-electron chi connectivity index (χ3n) is 9.71. The summed E-state index contributed by atoms with van der Waals surface area (Å²) in [6, 6.07) is 12.8. The Labute approximate surface area is 257 Å². The number of carbonyl (C=O) groups is 2. The molecule has 236 valence electrons. The van der Waals surface area contributed by atoms with E-state index in [-0.39, 0.29) is 40.9 Å². The van der Waals surface area contributed by atoms with Crippen LogP contribution >= 0.6 is 0 Å². The van der Waals surface area contributed by atoms with Gasteiger partial charge in [-0.2, -0.15) is 0 Å². The average Bonchev–Trinajstić information content (AvgIpc) is 3.23. The van der Waals surface area contributed by atoms with Gasteiger partial charge in [-0.3, -0.25) is 9.59 Å². The van der Waals surface area contributed by atoms with Crippen molar-refractivity contribution < 1.29 is 42.0 Å². The van der Waals surface area contributed by atoms with E-state index in [0.29, 0.717) is 22.8 Å². The van der Waals surface area contributed by atoms with Gasteiger partial charge in [-0.1, -0.05) is 32.1 Å². The van der Waals surface area contributed by atoms with Crippen LogP contribution in [-0.4, -0.2) is 56.9 Å². The van der Waals surface area contributed by atoms with Crippen molar-refractivity contribution in [1.82, 2.24) is 5.32 Å². The number of fused-ring (bicyclic) bond motifs is 2. The summed E-state index contributed by atoms with van der Waals surface area (Å²) in [4.78, 5) is 37.8. The van der Waals surface area contributed by atoms with E-state index in [1.54, 1.807) is 42.5 Å². The van der Waals surface area contributed by atoms with Crippen molar-refractivity contribution in [1.29, 1.82) is 0 Å². The first-order valence-electron chi connectivity index (χ1n) is 15.1. The fraction of sp³-hybridized carbons (Fsp3) is 0.515. The first kappa shape index (κ1) is 30.9. The number of ether oxygens (including phenoxy) is 3. The standard InChI is InChI=1S/C33H39NO9S/c1-20-5-15-27-21(2)30(40-31-33(27)26(20)17-18-32(3,41-31)42-43-33)34-29(36)19-39-24-11-9-23(10-12-24)28(35)16-8-22-6-13-25(14-7-22)44(4,37)38/h6-14,16,20-21,26-27,30-31H,5,15,17-19H2,1-4H3,(H,34,36)/b16-8+/t20-,21-,26+,27+,30-,31-,32-,33-/m1/s1. The number of ketones is 1. The van der Waals surface area contributed by atoms with E-state index in [1.165, 1.54) is 18.2 Å². The second-order valence-corrected chi connectivity index (χ2v) is 14.8. The van der Waals surface area contributed by atoms with Crippen molar-refractivity contribution in [2.75, 3.05) is 12.9 Å². The lowest BCUT2D eigenvalue weighted by Gasteiger charge is -2.60. The molecule has 0 aromatic heterocycles. The zero-order valence-electron chi connectivity index (χ0n) is 25.4. The summed E-state index contributed by atoms with van der Waals surface area (Å²) < 4.78 is 41.7. The smallest absolute Gasteiger partial charge is 0.259 e. The molecular weight excluding hydrogens is 586 g/mol. The molecule has 10 nitrogen and oxygen atoms in total. The molecule has 4 heterocycles. The Hall–Kier alpha value is -3.09. The highest BCUT2D eigenvalue weighted by molar-refractivity contribution is 7.90. The molecule has 5 fully saturated rings. The number of hydrogen-bond donors (Lipinski definition) is 1. The fourth-order valence-corrected chi connectivity index (χ4v) is 7.86. The van der Waals surface area contributed by atoms with E-state index in [0.717, 1.165) is 31.9 Å². The fourth-order valence-electron chi connectivity index (χ4n) is 7.23. The van der Waals surface area contributed by atoms with Crippen molar-refractivity contribution in [3.63, 3.8) is 0 Å². The van der Waals surface area contributed by atoms with Crippen LogP contribution in [-0.2, 0) is 33.9 Å². The van der Waals surface area contributed by atoms with E-state index in [4.69, 9.17) is 24.0 Å². The molecule has 2 aromatic carbocycles. The lowest BCUT2D eigenvalue weighted by molar-refractivity contribution is -0.571. The molecule has 1 N–H and O–H groups in total. The number of sulfone groups is 1. The van der Waals surface area contributed by atoms with E-state index < -0.39 is 33.7 Å². The number of carbonyl (C=O) groups excluding carboxylic acids is 2. The van der Waals surface area contributed by atoms with Gasteiger partial charge in [0.05, 0.1) is 4.90 Å². The molecule has 8 atom stereocenters. The van der Waals surface area contributed by atoms with Gasteiger partial charge in [0.2, 0.25) is 5.79 Å². The molecule has 4 aliphatic heterocycles. The number of benzene rings is 2. The highest BCUT2D eigenvalue weighted by Gasteiger charge is 2.69. The normalized spacial score (nSPS) is 34.6. The molecule has 11 heteroatoms. The Kier molecular flexibility index (Phi) is 8.21. The Bertz CT molecular complexity index is 1540. The van der Waals surface area contributed by atoms with E-state index in [2.05, 4.69) is 19.2 Å². The van der Waals surface area contributed by atoms with Crippen molar-refractivity contribution in [2.24, 2.45) is 23.7 Å². The second kappa shape index (κ2) is 11.7. The summed E-state index contributed by atoms with van der Waals surface area (Å²) in [7, 11) is -3.28. The Morgan fingerprint density at radius 3 is 2.43 bits per heavy atom. The molecule has 2 bridgehead atoms. The SMILES string of the molecule is C[C@H]1[C@H](NC(=O)COc2ccc(C(=O)/C=C/c3ccc(S(C)(=O)=O)cc3)cc2)O[C@@H]2O[C@@]3(C)CC[C@H]4[C@H](C)CC[C@@H]1[C@@]24OO3. The van der Waals surface area contributed by atoms with Crippen LogP contribution in [0.1, 0.15) is 62.4 Å². The number of amides is 1. The molecule has 5 aliphatic rings. The first-order valence-corrected chi connectivity index (χ1v) is 17.0. The zero-order valence-corrected chi connectivity index (χ0v) is 26.2. The van der Waals surface area contributed by atoms with Gasteiger partial charge in [-0.15, -0.1) is 0 Å². The van der Waals surface area contributed by atoms with Gasteiger partial charge in [0.1, 0.15) is 12.0 Å². The summed E-state index contributed by atoms with van der Waals surface area (Å²) in [5.41, 5.74) is 0.457. The molecule has 1 aliphatic carbocycles. The van der Waals surface area contributed by atoms with Gasteiger partial charge in [0.15, 0.2) is 34.1 Å². The quantitative estimate of drug-likeness (QED) is 0.253. The average molecular weight is 626 g/mol. The van der Waals surface area contributed by atoms with Gasteiger partial charge in [0.25, 0.3) is 5.91 Å². The maximum absolute atomic E-state index is 13.0. The second-order valence-electron chi connectivity index (χ2n) is 12.7. The molecule has 0 unspecified atom stereocenters. The van der Waals surface area contributed by atoms with Crippen LogP contribution in [0, 0.1) is 23.7 Å². The van der Waals surface area contributed by atoms with Crippen LogP contribution in [0.2, 0.25) is 0 Å². The minimum absolute atomic E-state index is 0.0316. The van der Waals surface area contributed by atoms with Crippen LogP contribution in [0.5, 0.6) is 5.75 Å². The molecule has 2 aromatic rings. The Morgan fingerprint density at radius 1 is 1.00 bits per heavy atom. The molecule has 44 heavy (non-hydrogen) atoms. The molecular formula is C33H39NO9S. The van der Waals surface area contributed by atoms with Gasteiger partial charge < -0.3 is 19.5 Å². The predicted molar refractivity (Wildman–Crippen MR) is 160 cm³/mol. The predicted octanol–water partition coefficient (Wildman–Crippen LogP) is 4.69. The highest BCUT2D eigenvalue weighted by Crippen LogP contribution is 2.60. The number of hydrogen-bond acceptors (Lipinski definition) is 9. The monoisotopic (exact) mass is 625 g/mol. The Morgan fingerprint density at radius 2 is 1.73 bits per heavy atom. The highest BCUT2D eigenvalue weighted by atomic mass is 32.2. The van der Waals surface area contributed by atoms with Crippen molar-refractivity contribution in [3.05, 3.63) is 65.7 Å². The molecule has 4 saturated heterocycles. The third kappa shape index (κ3) is 5.83. The number of rotatable bonds is 8. The first-order chi connectivity index (χ1) is 20.9. The summed E-state index contributed by atoms with van der Waals surface area (Å²) in [6.45, 7) is 5.99. The molecule has 1 saturated carbocycles. The third-order valence-corrected chi connectivity index (χ3v) is 10.8. The topological polar surface area (TPSA) is 126 Å². The van der Waals surface area contributed by atoms with E-state index >= 15 is 0 Å². The number of allylic oxidation sites excluding steroid dienone is 1. The minimum atomic E-state index is -3.28. The summed E-state index contributed by atoms with van der Waals surface area (Å²) in [5, 5.41) is 2.99. The lowest BCUT2D eigenvalue weighted by Crippen LogP contribution is -2.72. The molecule has 1 spiro atoms. The summed E-state index contributed by atoms with van der Waals surface area (Å²) in [6.07, 6.45) is 6.64. The van der Waals surface area contributed by atoms with Gasteiger partial charge >= 0.3 is 0 Å². The van der Waals surface area contributed by atoms with Crippen molar-refractivity contribution in [3.8, 4) is 5.75 Å². The van der Waals surface area contributed by atoms with Crippen molar-refractivity contribution in [2.45, 2.75) is 75.3 Å². The van der Waals surface area contributed by atoms with Gasteiger partial charge in [0, 0.05) is 30.1 Å². The van der Waals surface area contributed by atoms with Crippen molar-refractivity contribution >= 4 is 27.6 Å². The maximum atomic E-state index is 13.0. The van der Waals surface area contributed by atoms with E-state index in [9.17, 15) is 18.0 Å². The van der Waals surface area contributed by atoms with Gasteiger partial charge in [-0.05, 0) is 86.1 Å². The van der Waals surface area contributed by atoms with Crippen LogP contribution < -0.4 is 10.1 Å². The van der Waals surface area contributed by atoms with Gasteiger partial charge in [-0.25, -0.2) is 18.2 Å². The number of nitrogens with one attached hydrogen (secondary N) is 1. The zero-order chi connectivity index (χ0) is 31.3. The molecule has 0 radical (unpaired) electrons. The van der Waals surface area contributed by atoms with Crippen LogP contribution in [0.25, 0.3) is 6.08 Å². The van der Waals surface area contributed by atoms with Crippen LogP contribution in [0.15, 0.2) is 59.5 Å². The van der Waals surface area contributed by atoms with E-state index in [1.807, 2.05) is 6.92 Å². The van der Waals surface area contributed by atoms with Crippen LogP contribution in [0.4, 0.5) is 0 Å².